The number of nitrogens with one attached hydrogen (secondary N) is 1. The van der Waals surface area contributed by atoms with Crippen molar-refractivity contribution < 1.29 is 9.47 Å². The number of aliphatic imine (C=N–C) groups is 1. The molecule has 0 aliphatic carbocycles. The van der Waals surface area contributed by atoms with Crippen LogP contribution in [0.5, 0.6) is 11.5 Å². The molecule has 8 heteroatoms. The van der Waals surface area contributed by atoms with Gasteiger partial charge in [0, 0.05) is 30.7 Å². The molecule has 2 rings (SSSR count). The molecule has 22 heavy (non-hydrogen) atoms. The highest BCUT2D eigenvalue weighted by Crippen LogP contribution is 2.29. The molecule has 120 valence electrons. The van der Waals surface area contributed by atoms with E-state index >= 15 is 0 Å². The Bertz CT molecular complexity index is 601. The van der Waals surface area contributed by atoms with E-state index in [9.17, 15) is 0 Å². The Labute approximate surface area is 146 Å². The number of rotatable bonds is 6. The Morgan fingerprint density at radius 2 is 2.09 bits per heavy atom. The highest BCUT2D eigenvalue weighted by atomic mass is 127. The fourth-order valence-corrected chi connectivity index (χ4v) is 1.81. The normalized spacial score (nSPS) is 10.7. The van der Waals surface area contributed by atoms with Crippen LogP contribution in [0.3, 0.4) is 0 Å². The van der Waals surface area contributed by atoms with Crippen LogP contribution in [0.1, 0.15) is 0 Å². The SMILES string of the molecule is COc1ccc(NC(N)=NCCn2ccnc2)cc1OC.I. The minimum Gasteiger partial charge on any atom is -0.493 e. The molecule has 0 aliphatic rings. The van der Waals surface area contributed by atoms with Gasteiger partial charge in [0.15, 0.2) is 17.5 Å². The van der Waals surface area contributed by atoms with E-state index in [1.165, 1.54) is 0 Å². The summed E-state index contributed by atoms with van der Waals surface area (Å²) in [5.74, 6) is 1.65. The van der Waals surface area contributed by atoms with Crippen molar-refractivity contribution in [2.45, 2.75) is 6.54 Å². The Balaban J connectivity index is 0.00000242. The maximum atomic E-state index is 5.85. The summed E-state index contributed by atoms with van der Waals surface area (Å²) in [4.78, 5) is 8.22. The Hall–Kier alpha value is -1.97. The molecule has 0 radical (unpaired) electrons. The number of nitrogens with zero attached hydrogens (tertiary/aromatic N) is 3. The minimum absolute atomic E-state index is 0. The predicted molar refractivity (Wildman–Crippen MR) is 97.3 cm³/mol. The van der Waals surface area contributed by atoms with E-state index in [2.05, 4.69) is 15.3 Å². The number of anilines is 1. The van der Waals surface area contributed by atoms with E-state index in [0.29, 0.717) is 24.0 Å². The van der Waals surface area contributed by atoms with Crippen LogP contribution in [0.25, 0.3) is 0 Å². The van der Waals surface area contributed by atoms with Crippen molar-refractivity contribution in [3.8, 4) is 11.5 Å². The number of nitrogens with two attached hydrogens (primary N) is 1. The molecular weight excluding hydrogens is 397 g/mol. The second kappa shape index (κ2) is 9.13. The molecule has 7 nitrogen and oxygen atoms in total. The second-order valence-electron chi connectivity index (χ2n) is 4.26. The first kappa shape index (κ1) is 18.1. The average Bonchev–Trinajstić information content (AvgIpc) is 3.00. The summed E-state index contributed by atoms with van der Waals surface area (Å²) in [6.45, 7) is 1.30. The molecule has 3 N–H and O–H groups in total. The van der Waals surface area contributed by atoms with Gasteiger partial charge in [-0.05, 0) is 12.1 Å². The van der Waals surface area contributed by atoms with E-state index in [1.807, 2.05) is 16.8 Å². The first-order chi connectivity index (χ1) is 10.2. The van der Waals surface area contributed by atoms with E-state index in [4.69, 9.17) is 15.2 Å². The maximum Gasteiger partial charge on any atom is 0.193 e. The van der Waals surface area contributed by atoms with Gasteiger partial charge in [-0.3, -0.25) is 4.99 Å². The quantitative estimate of drug-likeness (QED) is 0.426. The monoisotopic (exact) mass is 417 g/mol. The first-order valence-electron chi connectivity index (χ1n) is 6.47. The highest BCUT2D eigenvalue weighted by Gasteiger charge is 2.04. The van der Waals surface area contributed by atoms with Crippen LogP contribution in [-0.4, -0.2) is 36.3 Å². The molecule has 2 aromatic rings. The lowest BCUT2D eigenvalue weighted by Gasteiger charge is -2.11. The van der Waals surface area contributed by atoms with Gasteiger partial charge in [0.25, 0.3) is 0 Å². The van der Waals surface area contributed by atoms with Crippen LogP contribution < -0.4 is 20.5 Å². The van der Waals surface area contributed by atoms with Crippen LogP contribution >= 0.6 is 24.0 Å². The molecule has 0 spiro atoms. The molecule has 0 aliphatic heterocycles. The Morgan fingerprint density at radius 3 is 2.73 bits per heavy atom. The smallest absolute Gasteiger partial charge is 0.193 e. The number of hydrogen-bond acceptors (Lipinski definition) is 4. The van der Waals surface area contributed by atoms with Gasteiger partial charge < -0.3 is 25.1 Å². The molecular formula is C14H20IN5O2. The Morgan fingerprint density at radius 1 is 1.32 bits per heavy atom. The second-order valence-corrected chi connectivity index (χ2v) is 4.26. The molecule has 0 amide bonds. The van der Waals surface area contributed by atoms with Gasteiger partial charge in [0.05, 0.1) is 27.1 Å². The minimum atomic E-state index is 0. The largest absolute Gasteiger partial charge is 0.493 e. The zero-order valence-corrected chi connectivity index (χ0v) is 14.9. The van der Waals surface area contributed by atoms with Gasteiger partial charge in [0.1, 0.15) is 0 Å². The molecule has 0 atom stereocenters. The lowest BCUT2D eigenvalue weighted by Crippen LogP contribution is -2.23. The van der Waals surface area contributed by atoms with Gasteiger partial charge in [0.2, 0.25) is 0 Å². The molecule has 0 fully saturated rings. The zero-order chi connectivity index (χ0) is 15.1. The molecule has 0 unspecified atom stereocenters. The summed E-state index contributed by atoms with van der Waals surface area (Å²) in [5, 5.41) is 3.02. The number of halogens is 1. The fourth-order valence-electron chi connectivity index (χ4n) is 1.81. The first-order valence-corrected chi connectivity index (χ1v) is 6.47. The molecule has 1 aromatic heterocycles. The number of hydrogen-bond donors (Lipinski definition) is 2. The number of imidazole rings is 1. The summed E-state index contributed by atoms with van der Waals surface area (Å²) >= 11 is 0. The molecule has 0 bridgehead atoms. The number of methoxy groups -OCH3 is 2. The van der Waals surface area contributed by atoms with Crippen molar-refractivity contribution in [2.24, 2.45) is 10.7 Å². The third-order valence-corrected chi connectivity index (χ3v) is 2.86. The highest BCUT2D eigenvalue weighted by molar-refractivity contribution is 14.0. The van der Waals surface area contributed by atoms with E-state index < -0.39 is 0 Å². The standard InChI is InChI=1S/C14H19N5O2.HI/c1-20-12-4-3-11(9-13(12)21-2)18-14(15)17-6-8-19-7-5-16-10-19;/h3-5,7,9-10H,6,8H2,1-2H3,(H3,15,17,18);1H. The third kappa shape index (κ3) is 5.10. The van der Waals surface area contributed by atoms with Crippen LogP contribution in [0, 0.1) is 0 Å². The molecule has 1 heterocycles. The maximum absolute atomic E-state index is 5.85. The van der Waals surface area contributed by atoms with E-state index in [1.54, 1.807) is 38.9 Å². The van der Waals surface area contributed by atoms with Gasteiger partial charge in [-0.15, -0.1) is 24.0 Å². The average molecular weight is 417 g/mol. The van der Waals surface area contributed by atoms with Gasteiger partial charge >= 0.3 is 0 Å². The number of ether oxygens (including phenoxy) is 2. The van der Waals surface area contributed by atoms with Crippen LogP contribution in [0.15, 0.2) is 41.9 Å². The summed E-state index contributed by atoms with van der Waals surface area (Å²) < 4.78 is 12.3. The van der Waals surface area contributed by atoms with E-state index in [-0.39, 0.29) is 24.0 Å². The topological polar surface area (TPSA) is 86.7 Å². The zero-order valence-electron chi connectivity index (χ0n) is 12.5. The predicted octanol–water partition coefficient (Wildman–Crippen LogP) is 1.95. The van der Waals surface area contributed by atoms with Gasteiger partial charge in [-0.1, -0.05) is 0 Å². The summed E-state index contributed by atoms with van der Waals surface area (Å²) in [6, 6.07) is 5.45. The lowest BCUT2D eigenvalue weighted by molar-refractivity contribution is 0.355. The summed E-state index contributed by atoms with van der Waals surface area (Å²) in [7, 11) is 3.18. The Kier molecular flexibility index (Phi) is 7.50. The third-order valence-electron chi connectivity index (χ3n) is 2.86. The number of benzene rings is 1. The van der Waals surface area contributed by atoms with Crippen LogP contribution in [-0.2, 0) is 6.54 Å². The van der Waals surface area contributed by atoms with Crippen molar-refractivity contribution in [1.82, 2.24) is 9.55 Å². The number of guanidine groups is 1. The van der Waals surface area contributed by atoms with Gasteiger partial charge in [-0.25, -0.2) is 4.98 Å². The lowest BCUT2D eigenvalue weighted by atomic mass is 10.3. The molecule has 0 saturated carbocycles. The van der Waals surface area contributed by atoms with Gasteiger partial charge in [-0.2, -0.15) is 0 Å². The van der Waals surface area contributed by atoms with Crippen molar-refractivity contribution in [2.75, 3.05) is 26.1 Å². The van der Waals surface area contributed by atoms with Crippen molar-refractivity contribution in [1.29, 1.82) is 0 Å². The van der Waals surface area contributed by atoms with Crippen molar-refractivity contribution in [3.05, 3.63) is 36.9 Å². The van der Waals surface area contributed by atoms with Crippen molar-refractivity contribution in [3.63, 3.8) is 0 Å². The fraction of sp³-hybridized carbons (Fsp3) is 0.286. The van der Waals surface area contributed by atoms with Crippen LogP contribution in [0.4, 0.5) is 5.69 Å². The van der Waals surface area contributed by atoms with Crippen molar-refractivity contribution >= 4 is 35.6 Å². The van der Waals surface area contributed by atoms with E-state index in [0.717, 1.165) is 12.2 Å². The molecule has 0 saturated heterocycles. The summed E-state index contributed by atoms with van der Waals surface area (Å²) in [6.07, 6.45) is 5.36. The summed E-state index contributed by atoms with van der Waals surface area (Å²) in [5.41, 5.74) is 6.64. The van der Waals surface area contributed by atoms with Crippen LogP contribution in [0.2, 0.25) is 0 Å². The number of aromatic nitrogens is 2. The molecule has 1 aromatic carbocycles.